The number of carbonyl (C=O) groups excluding carboxylic acids is 1. The molecule has 5 nitrogen and oxygen atoms in total. The van der Waals surface area contributed by atoms with Crippen LogP contribution in [0.3, 0.4) is 0 Å². The molecule has 3 unspecified atom stereocenters. The minimum atomic E-state index is -1.15. The van der Waals surface area contributed by atoms with Crippen molar-refractivity contribution in [2.45, 2.75) is 39.5 Å². The van der Waals surface area contributed by atoms with Crippen molar-refractivity contribution in [3.05, 3.63) is 57.1 Å². The maximum atomic E-state index is 13.2. The van der Waals surface area contributed by atoms with E-state index in [1.807, 2.05) is 43.9 Å². The molecule has 0 spiro atoms. The van der Waals surface area contributed by atoms with Crippen LogP contribution in [0.4, 0.5) is 5.69 Å². The number of hydrogen-bond acceptors (Lipinski definition) is 4. The van der Waals surface area contributed by atoms with Gasteiger partial charge in [-0.05, 0) is 63.2 Å². The number of aryl methyl sites for hydroxylation is 2. The first-order chi connectivity index (χ1) is 14.2. The molecule has 2 bridgehead atoms. The molecule has 0 amide bonds. The Morgan fingerprint density at radius 1 is 1.30 bits per heavy atom. The molecular formula is C22H22Cl2N2O3S. The molecule has 2 aliphatic rings. The zero-order valence-corrected chi connectivity index (χ0v) is 19.4. The summed E-state index contributed by atoms with van der Waals surface area (Å²) >= 11 is 18.5. The second kappa shape index (κ2) is 7.59. The molecule has 2 aromatic rings. The van der Waals surface area contributed by atoms with Crippen molar-refractivity contribution in [1.29, 1.82) is 0 Å². The summed E-state index contributed by atoms with van der Waals surface area (Å²) in [6.45, 7) is 7.90. The quantitative estimate of drug-likeness (QED) is 0.488. The van der Waals surface area contributed by atoms with Crippen LogP contribution in [0.1, 0.15) is 36.6 Å². The number of para-hydroxylation sites is 1. The Morgan fingerprint density at radius 3 is 2.60 bits per heavy atom. The van der Waals surface area contributed by atoms with Crippen molar-refractivity contribution < 1.29 is 14.3 Å². The third kappa shape index (κ3) is 3.13. The molecule has 2 aliphatic heterocycles. The van der Waals surface area contributed by atoms with E-state index in [1.165, 1.54) is 0 Å². The highest BCUT2D eigenvalue weighted by Gasteiger charge is 2.60. The Balaban J connectivity index is 1.97. The first kappa shape index (κ1) is 21.2. The predicted octanol–water partition coefficient (Wildman–Crippen LogP) is 5.33. The average Bonchev–Trinajstić information content (AvgIpc) is 2.65. The summed E-state index contributed by atoms with van der Waals surface area (Å²) < 4.78 is 12.0. The van der Waals surface area contributed by atoms with Gasteiger partial charge in [-0.2, -0.15) is 0 Å². The van der Waals surface area contributed by atoms with Gasteiger partial charge in [0.15, 0.2) is 5.11 Å². The van der Waals surface area contributed by atoms with E-state index in [-0.39, 0.29) is 12.6 Å². The zero-order valence-electron chi connectivity index (χ0n) is 17.1. The lowest BCUT2D eigenvalue weighted by Gasteiger charge is -2.56. The molecule has 4 rings (SSSR count). The van der Waals surface area contributed by atoms with E-state index in [0.29, 0.717) is 26.5 Å². The van der Waals surface area contributed by atoms with E-state index in [9.17, 15) is 4.79 Å². The highest BCUT2D eigenvalue weighted by Crippen LogP contribution is 2.53. The van der Waals surface area contributed by atoms with Crippen molar-refractivity contribution in [2.75, 3.05) is 11.5 Å². The molecule has 0 aliphatic carbocycles. The van der Waals surface area contributed by atoms with Crippen molar-refractivity contribution in [3.63, 3.8) is 0 Å². The van der Waals surface area contributed by atoms with E-state index in [2.05, 4.69) is 5.32 Å². The lowest BCUT2D eigenvalue weighted by Crippen LogP contribution is -2.72. The molecule has 3 atom stereocenters. The SMILES string of the molecule is CCOC(=O)C1C2NC(=S)N(c3c(C)cccc3C)C1(C)Oc1c(Cl)cc(Cl)cc12. The van der Waals surface area contributed by atoms with Crippen LogP contribution in [0.5, 0.6) is 5.75 Å². The van der Waals surface area contributed by atoms with Crippen molar-refractivity contribution in [2.24, 2.45) is 5.92 Å². The van der Waals surface area contributed by atoms with Crippen LogP contribution in [-0.2, 0) is 9.53 Å². The normalized spacial score (nSPS) is 24.6. The van der Waals surface area contributed by atoms with Crippen LogP contribution in [-0.4, -0.2) is 23.4 Å². The Morgan fingerprint density at radius 2 is 1.97 bits per heavy atom. The largest absolute Gasteiger partial charge is 0.466 e. The van der Waals surface area contributed by atoms with Crippen LogP contribution < -0.4 is 15.0 Å². The second-order valence-corrected chi connectivity index (χ2v) is 8.93. The van der Waals surface area contributed by atoms with Gasteiger partial charge < -0.3 is 14.8 Å². The van der Waals surface area contributed by atoms with Crippen LogP contribution in [0.25, 0.3) is 0 Å². The predicted molar refractivity (Wildman–Crippen MR) is 122 cm³/mol. The fourth-order valence-electron chi connectivity index (χ4n) is 4.49. The summed E-state index contributed by atoms with van der Waals surface area (Å²) in [5, 5.41) is 4.63. The van der Waals surface area contributed by atoms with Crippen LogP contribution in [0, 0.1) is 19.8 Å². The topological polar surface area (TPSA) is 50.8 Å². The van der Waals surface area contributed by atoms with Gasteiger partial charge in [-0.25, -0.2) is 0 Å². The molecular weight excluding hydrogens is 443 g/mol. The number of esters is 1. The van der Waals surface area contributed by atoms with Gasteiger partial charge in [0.25, 0.3) is 0 Å². The van der Waals surface area contributed by atoms with Gasteiger partial charge in [-0.1, -0.05) is 41.4 Å². The number of carbonyl (C=O) groups is 1. The van der Waals surface area contributed by atoms with Crippen molar-refractivity contribution >= 4 is 52.2 Å². The molecule has 158 valence electrons. The molecule has 0 saturated carbocycles. The Kier molecular flexibility index (Phi) is 5.37. The average molecular weight is 465 g/mol. The standard InChI is InChI=1S/C22H22Cl2N2O3S/c1-5-28-20(27)16-17-14-9-13(23)10-15(24)19(14)29-22(16,4)26(21(30)25-17)18-11(2)7-6-8-12(18)3/h6-10,16-17H,5H2,1-4H3,(H,25,30). The molecule has 30 heavy (non-hydrogen) atoms. The summed E-state index contributed by atoms with van der Waals surface area (Å²) in [4.78, 5) is 15.0. The molecule has 0 aromatic heterocycles. The highest BCUT2D eigenvalue weighted by atomic mass is 35.5. The zero-order chi connectivity index (χ0) is 21.8. The number of hydrogen-bond donors (Lipinski definition) is 1. The summed E-state index contributed by atoms with van der Waals surface area (Å²) in [7, 11) is 0. The van der Waals surface area contributed by atoms with E-state index in [0.717, 1.165) is 16.8 Å². The number of fused-ring (bicyclic) bond motifs is 4. The molecule has 1 fully saturated rings. The lowest BCUT2D eigenvalue weighted by molar-refractivity contribution is -0.159. The monoisotopic (exact) mass is 464 g/mol. The molecule has 2 aromatic carbocycles. The maximum absolute atomic E-state index is 13.2. The first-order valence-corrected chi connectivity index (χ1v) is 10.9. The summed E-state index contributed by atoms with van der Waals surface area (Å²) in [5.41, 5.74) is 2.45. The van der Waals surface area contributed by atoms with E-state index < -0.39 is 17.7 Å². The van der Waals surface area contributed by atoms with Crippen molar-refractivity contribution in [1.82, 2.24) is 5.32 Å². The molecule has 1 N–H and O–H groups in total. The summed E-state index contributed by atoms with van der Waals surface area (Å²) in [6, 6.07) is 8.89. The minimum Gasteiger partial charge on any atom is -0.466 e. The number of anilines is 1. The summed E-state index contributed by atoms with van der Waals surface area (Å²) in [5.74, 6) is -0.594. The Hall–Kier alpha value is -2.02. The third-order valence-corrected chi connectivity index (χ3v) is 6.52. The van der Waals surface area contributed by atoms with Gasteiger partial charge >= 0.3 is 5.97 Å². The number of ether oxygens (including phenoxy) is 2. The van der Waals surface area contributed by atoms with Crippen LogP contribution in [0.15, 0.2) is 30.3 Å². The van der Waals surface area contributed by atoms with E-state index in [4.69, 9.17) is 44.9 Å². The highest BCUT2D eigenvalue weighted by molar-refractivity contribution is 7.80. The minimum absolute atomic E-state index is 0.259. The van der Waals surface area contributed by atoms with Crippen LogP contribution in [0.2, 0.25) is 10.0 Å². The number of nitrogens with zero attached hydrogens (tertiary/aromatic N) is 1. The Bertz CT molecular complexity index is 1040. The molecule has 1 saturated heterocycles. The first-order valence-electron chi connectivity index (χ1n) is 9.70. The molecule has 8 heteroatoms. The van der Waals surface area contributed by atoms with E-state index in [1.54, 1.807) is 19.1 Å². The second-order valence-electron chi connectivity index (χ2n) is 7.70. The van der Waals surface area contributed by atoms with Gasteiger partial charge in [-0.3, -0.25) is 9.69 Å². The van der Waals surface area contributed by atoms with Gasteiger partial charge in [0.1, 0.15) is 11.7 Å². The summed E-state index contributed by atoms with van der Waals surface area (Å²) in [6.07, 6.45) is 0. The fraction of sp³-hybridized carbons (Fsp3) is 0.364. The number of thiocarbonyl (C=S) groups is 1. The van der Waals surface area contributed by atoms with E-state index >= 15 is 0 Å². The lowest BCUT2D eigenvalue weighted by atomic mass is 9.79. The van der Waals surface area contributed by atoms with Crippen molar-refractivity contribution in [3.8, 4) is 5.75 Å². The van der Waals surface area contributed by atoms with Gasteiger partial charge in [0.2, 0.25) is 5.72 Å². The number of halogens is 2. The fourth-order valence-corrected chi connectivity index (χ4v) is 5.44. The number of rotatable bonds is 3. The number of benzene rings is 2. The third-order valence-electron chi connectivity index (χ3n) is 5.72. The molecule has 0 radical (unpaired) electrons. The van der Waals surface area contributed by atoms with Gasteiger partial charge in [0.05, 0.1) is 23.4 Å². The number of nitrogens with one attached hydrogen (secondary N) is 1. The molecule has 2 heterocycles. The smallest absolute Gasteiger partial charge is 0.317 e. The van der Waals surface area contributed by atoms with Crippen LogP contribution >= 0.6 is 35.4 Å². The van der Waals surface area contributed by atoms with Gasteiger partial charge in [0, 0.05) is 10.6 Å². The maximum Gasteiger partial charge on any atom is 0.317 e. The Labute approximate surface area is 191 Å². The van der Waals surface area contributed by atoms with Gasteiger partial charge in [-0.15, -0.1) is 0 Å².